The van der Waals surface area contributed by atoms with Gasteiger partial charge in [-0.15, -0.1) is 0 Å². The fraction of sp³-hybridized carbons (Fsp3) is 1.00. The van der Waals surface area contributed by atoms with Crippen LogP contribution in [0.5, 0.6) is 0 Å². The molecule has 0 aliphatic heterocycles. The summed E-state index contributed by atoms with van der Waals surface area (Å²) in [6.45, 7) is 1.52. The molecule has 0 rings (SSSR count). The predicted octanol–water partition coefficient (Wildman–Crippen LogP) is -0.247. The van der Waals surface area contributed by atoms with E-state index < -0.39 is 23.5 Å². The average molecular weight is 109 g/mol. The fourth-order valence-electron chi connectivity index (χ4n) is 0. The van der Waals surface area contributed by atoms with Crippen molar-refractivity contribution in [3.05, 3.63) is 0 Å². The van der Waals surface area contributed by atoms with Crippen molar-refractivity contribution >= 4 is 0 Å². The predicted molar refractivity (Wildman–Crippen MR) is 12.4 cm³/mol. The van der Waals surface area contributed by atoms with Crippen LogP contribution in [0.15, 0.2) is 0 Å². The molecule has 0 radical (unpaired) electrons. The Kier molecular flexibility index (Phi) is 2.95. The van der Waals surface area contributed by atoms with E-state index in [0.29, 0.717) is 0 Å². The third-order valence-corrected chi connectivity index (χ3v) is 0.703. The van der Waals surface area contributed by atoms with Gasteiger partial charge in [0.25, 0.3) is 0 Å². The quantitative estimate of drug-likeness (QED) is 0.471. The molecule has 0 amide bonds. The monoisotopic (exact) mass is 109 g/mol. The van der Waals surface area contributed by atoms with Crippen molar-refractivity contribution in [3.8, 4) is 0 Å². The van der Waals surface area contributed by atoms with Gasteiger partial charge in [0.05, 0.1) is 0 Å². The second-order valence-electron chi connectivity index (χ2n) is 0.794. The summed E-state index contributed by atoms with van der Waals surface area (Å²) in [5.41, 5.74) is 0. The van der Waals surface area contributed by atoms with E-state index in [1.54, 1.807) is 0 Å². The van der Waals surface area contributed by atoms with Gasteiger partial charge in [0.2, 0.25) is 0 Å². The van der Waals surface area contributed by atoms with Crippen molar-refractivity contribution in [1.29, 1.82) is 0 Å². The minimum atomic E-state index is -1.25. The summed E-state index contributed by atoms with van der Waals surface area (Å²) < 4.78 is 8.96. The molecule has 0 saturated heterocycles. The van der Waals surface area contributed by atoms with E-state index in [4.69, 9.17) is 5.11 Å². The van der Waals surface area contributed by atoms with Crippen LogP contribution >= 0.6 is 0 Å². The summed E-state index contributed by atoms with van der Waals surface area (Å²) in [7, 11) is 0. The van der Waals surface area contributed by atoms with Gasteiger partial charge in [-0.3, -0.25) is 0 Å². The number of rotatable bonds is 1. The summed E-state index contributed by atoms with van der Waals surface area (Å²) in [4.78, 5) is 0. The molecule has 0 aliphatic carbocycles. The molecule has 29 valence electrons. The first-order valence-corrected chi connectivity index (χ1v) is 2.87. The van der Waals surface area contributed by atoms with Gasteiger partial charge in [0.1, 0.15) is 0 Å². The summed E-state index contributed by atoms with van der Waals surface area (Å²) >= 11 is -1.25. The van der Waals surface area contributed by atoms with Gasteiger partial charge in [-0.1, -0.05) is 0 Å². The Labute approximate surface area is 39.4 Å². The minimum absolute atomic E-state index is 0.546. The summed E-state index contributed by atoms with van der Waals surface area (Å²) in [6, 6.07) is 0. The zero-order chi connectivity index (χ0) is 4.28. The van der Waals surface area contributed by atoms with Crippen LogP contribution in [0.1, 0.15) is 6.92 Å². The number of hydrogen-bond acceptors (Lipinski definition) is 2. The molecule has 0 aliphatic rings. The molecule has 0 bridgehead atoms. The van der Waals surface area contributed by atoms with Crippen LogP contribution in [0.2, 0.25) is 0 Å². The van der Waals surface area contributed by atoms with Crippen molar-refractivity contribution in [1.82, 2.24) is 0 Å². The molecule has 5 heavy (non-hydrogen) atoms. The number of aliphatic hydroxyl groups is 1. The molecule has 1 atom stereocenters. The van der Waals surface area contributed by atoms with Crippen LogP contribution in [-0.4, -0.2) is 9.52 Å². The molecule has 0 fully saturated rings. The Morgan fingerprint density at radius 2 is 2.20 bits per heavy atom. The number of aliphatic hydroxyl groups excluding tert-OH is 1. The molecule has 0 aromatic heterocycles. The molecule has 1 N–H and O–H groups in total. The first kappa shape index (κ1) is 5.47. The van der Waals surface area contributed by atoms with E-state index in [1.807, 2.05) is 0 Å². The maximum atomic E-state index is 9.50. The normalized spacial score (nSPS) is 13.2. The Morgan fingerprint density at radius 1 is 2.00 bits per heavy atom. The summed E-state index contributed by atoms with van der Waals surface area (Å²) in [6.07, 6.45) is 0. The van der Waals surface area contributed by atoms with Crippen molar-refractivity contribution < 1.29 is 27.6 Å². The SMILES string of the molecule is C[CH](O)[Ti]=[O]. The molecular formula is C2H5O2Ti. The van der Waals surface area contributed by atoms with E-state index >= 15 is 0 Å². The molecular weight excluding hydrogens is 104 g/mol. The van der Waals surface area contributed by atoms with Crippen LogP contribution < -0.4 is 0 Å². The maximum absolute atomic E-state index is 9.50. The second kappa shape index (κ2) is 2.70. The van der Waals surface area contributed by atoms with E-state index in [0.717, 1.165) is 0 Å². The second-order valence-corrected chi connectivity index (χ2v) is 2.47. The van der Waals surface area contributed by atoms with Crippen LogP contribution in [0.4, 0.5) is 0 Å². The van der Waals surface area contributed by atoms with Gasteiger partial charge in [0.15, 0.2) is 0 Å². The van der Waals surface area contributed by atoms with E-state index in [9.17, 15) is 3.32 Å². The Bertz CT molecular complexity index is 34.6. The first-order chi connectivity index (χ1) is 2.27. The van der Waals surface area contributed by atoms with Gasteiger partial charge in [-0.2, -0.15) is 0 Å². The van der Waals surface area contributed by atoms with E-state index in [1.165, 1.54) is 6.92 Å². The molecule has 0 heterocycles. The standard InChI is InChI=1S/C2H5O.O.Ti/c1-2-3;;/h2-3H,1H3;;. The number of hydrogen-bond donors (Lipinski definition) is 1. The fourth-order valence-corrected chi connectivity index (χ4v) is 0. The molecule has 0 aromatic rings. The van der Waals surface area contributed by atoms with E-state index in [2.05, 4.69) is 0 Å². The van der Waals surface area contributed by atoms with Crippen LogP contribution in [-0.2, 0) is 22.4 Å². The molecule has 2 nitrogen and oxygen atoms in total. The zero-order valence-corrected chi connectivity index (χ0v) is 4.49. The van der Waals surface area contributed by atoms with Crippen molar-refractivity contribution in [2.45, 2.75) is 11.3 Å². The van der Waals surface area contributed by atoms with Crippen molar-refractivity contribution in [2.75, 3.05) is 0 Å². The molecule has 0 spiro atoms. The average Bonchev–Trinajstić information content (AvgIpc) is 1.38. The summed E-state index contributed by atoms with van der Waals surface area (Å²) in [5, 5.41) is 8.10. The Hall–Kier alpha value is 0.474. The molecule has 0 saturated carbocycles. The van der Waals surface area contributed by atoms with Gasteiger partial charge < -0.3 is 0 Å². The van der Waals surface area contributed by atoms with Crippen molar-refractivity contribution in [2.24, 2.45) is 0 Å². The Morgan fingerprint density at radius 3 is 2.20 bits per heavy atom. The third kappa shape index (κ3) is 4.47. The molecule has 1 unspecified atom stereocenters. The first-order valence-electron chi connectivity index (χ1n) is 1.33. The van der Waals surface area contributed by atoms with Crippen LogP contribution in [0.3, 0.4) is 0 Å². The third-order valence-electron chi connectivity index (χ3n) is 0.171. The van der Waals surface area contributed by atoms with Gasteiger partial charge >= 0.3 is 38.9 Å². The van der Waals surface area contributed by atoms with Crippen LogP contribution in [0, 0.1) is 0 Å². The van der Waals surface area contributed by atoms with Gasteiger partial charge in [-0.05, 0) is 0 Å². The summed E-state index contributed by atoms with van der Waals surface area (Å²) in [5.74, 6) is 0. The van der Waals surface area contributed by atoms with E-state index in [-0.39, 0.29) is 0 Å². The van der Waals surface area contributed by atoms with Gasteiger partial charge in [0, 0.05) is 0 Å². The topological polar surface area (TPSA) is 37.3 Å². The van der Waals surface area contributed by atoms with Crippen molar-refractivity contribution in [3.63, 3.8) is 0 Å². The molecule has 0 aromatic carbocycles. The Balaban J connectivity index is 2.83. The van der Waals surface area contributed by atoms with Gasteiger partial charge in [-0.25, -0.2) is 0 Å². The van der Waals surface area contributed by atoms with Crippen LogP contribution in [0.25, 0.3) is 0 Å². The zero-order valence-electron chi connectivity index (χ0n) is 2.93. The molecule has 3 heteroatoms.